The van der Waals surface area contributed by atoms with Crippen molar-refractivity contribution in [1.29, 1.82) is 0 Å². The van der Waals surface area contributed by atoms with Crippen LogP contribution in [0.5, 0.6) is 0 Å². The summed E-state index contributed by atoms with van der Waals surface area (Å²) in [5, 5.41) is 11.7. The molecule has 0 spiro atoms. The quantitative estimate of drug-likeness (QED) is 0.643. The lowest BCUT2D eigenvalue weighted by atomic mass is 10.1. The zero-order valence-electron chi connectivity index (χ0n) is 11.9. The van der Waals surface area contributed by atoms with Crippen molar-refractivity contribution in [2.24, 2.45) is 0 Å². The molecule has 4 N–H and O–H groups in total. The van der Waals surface area contributed by atoms with Crippen LogP contribution in [0.4, 0.5) is 11.6 Å². The first-order valence-corrected chi connectivity index (χ1v) is 7.64. The van der Waals surface area contributed by atoms with Crippen LogP contribution in [0.3, 0.4) is 0 Å². The number of hydrogen-bond donors (Lipinski definition) is 3. The van der Waals surface area contributed by atoms with Crippen LogP contribution in [0.2, 0.25) is 0 Å². The number of amides is 1. The molecule has 0 aliphatic heterocycles. The fourth-order valence-corrected chi connectivity index (χ4v) is 2.77. The topological polar surface area (TPSA) is 96.7 Å². The number of fused-ring (bicyclic) bond motifs is 1. The number of hydrogen-bond acceptors (Lipinski definition) is 5. The Morgan fingerprint density at radius 2 is 2.05 bits per heavy atom. The van der Waals surface area contributed by atoms with E-state index < -0.39 is 0 Å². The molecule has 1 atom stereocenters. The highest BCUT2D eigenvalue weighted by atomic mass is 32.2. The second kappa shape index (κ2) is 6.07. The van der Waals surface area contributed by atoms with Crippen LogP contribution < -0.4 is 11.1 Å². The van der Waals surface area contributed by atoms with Gasteiger partial charge in [-0.05, 0) is 29.8 Å². The Morgan fingerprint density at radius 1 is 1.27 bits per heavy atom. The summed E-state index contributed by atoms with van der Waals surface area (Å²) in [7, 11) is 0. The van der Waals surface area contributed by atoms with E-state index in [9.17, 15) is 4.79 Å². The molecule has 1 aromatic heterocycles. The molecule has 0 radical (unpaired) electrons. The summed E-state index contributed by atoms with van der Waals surface area (Å²) >= 11 is 1.25. The fourth-order valence-electron chi connectivity index (χ4n) is 2.03. The highest BCUT2D eigenvalue weighted by Crippen LogP contribution is 2.22. The lowest BCUT2D eigenvalue weighted by Crippen LogP contribution is -2.22. The fraction of sp³-hybridized carbons (Fsp3) is 0.133. The van der Waals surface area contributed by atoms with Crippen molar-refractivity contribution >= 4 is 40.1 Å². The van der Waals surface area contributed by atoms with Gasteiger partial charge in [0.2, 0.25) is 17.0 Å². The van der Waals surface area contributed by atoms with Crippen molar-refractivity contribution in [3.63, 3.8) is 0 Å². The number of nitrogens with two attached hydrogens (primary N) is 1. The van der Waals surface area contributed by atoms with Gasteiger partial charge in [-0.25, -0.2) is 5.10 Å². The van der Waals surface area contributed by atoms with E-state index in [0.717, 1.165) is 16.5 Å². The number of nitrogens with one attached hydrogen (secondary N) is 2. The molecule has 6 nitrogen and oxygen atoms in total. The Labute approximate surface area is 131 Å². The number of thioether (sulfide) groups is 1. The summed E-state index contributed by atoms with van der Waals surface area (Å²) in [6.45, 7) is 1.80. The first-order chi connectivity index (χ1) is 10.6. The van der Waals surface area contributed by atoms with Gasteiger partial charge in [0.1, 0.15) is 0 Å². The maximum Gasteiger partial charge on any atom is 0.237 e. The van der Waals surface area contributed by atoms with Crippen LogP contribution in [0.25, 0.3) is 10.8 Å². The maximum atomic E-state index is 12.2. The number of anilines is 2. The summed E-state index contributed by atoms with van der Waals surface area (Å²) in [4.78, 5) is 16.2. The maximum absolute atomic E-state index is 12.2. The minimum atomic E-state index is -0.332. The van der Waals surface area contributed by atoms with Gasteiger partial charge < -0.3 is 11.1 Å². The van der Waals surface area contributed by atoms with Gasteiger partial charge in [-0.15, -0.1) is 5.10 Å². The highest BCUT2D eigenvalue weighted by Gasteiger charge is 2.17. The molecule has 7 heteroatoms. The van der Waals surface area contributed by atoms with Gasteiger partial charge in [-0.1, -0.05) is 42.1 Å². The van der Waals surface area contributed by atoms with E-state index in [1.54, 1.807) is 6.92 Å². The molecule has 112 valence electrons. The smallest absolute Gasteiger partial charge is 0.237 e. The van der Waals surface area contributed by atoms with Crippen LogP contribution in [0, 0.1) is 0 Å². The van der Waals surface area contributed by atoms with Gasteiger partial charge in [0.05, 0.1) is 5.25 Å². The van der Waals surface area contributed by atoms with Gasteiger partial charge in [-0.2, -0.15) is 4.98 Å². The lowest BCUT2D eigenvalue weighted by Gasteiger charge is -2.10. The minimum absolute atomic E-state index is 0.108. The number of aromatic amines is 1. The van der Waals surface area contributed by atoms with Gasteiger partial charge in [0.25, 0.3) is 0 Å². The third kappa shape index (κ3) is 3.20. The summed E-state index contributed by atoms with van der Waals surface area (Å²) in [5.41, 5.74) is 6.23. The average molecular weight is 313 g/mol. The third-order valence-corrected chi connectivity index (χ3v) is 4.11. The van der Waals surface area contributed by atoms with E-state index in [1.807, 2.05) is 42.5 Å². The zero-order chi connectivity index (χ0) is 15.5. The largest absolute Gasteiger partial charge is 0.368 e. The number of benzene rings is 2. The van der Waals surface area contributed by atoms with Gasteiger partial charge in [-0.3, -0.25) is 4.79 Å². The molecule has 0 saturated carbocycles. The Hall–Kier alpha value is -2.54. The Balaban J connectivity index is 1.69. The predicted octanol–water partition coefficient (Wildman–Crippen LogP) is 2.66. The van der Waals surface area contributed by atoms with Crippen molar-refractivity contribution in [2.45, 2.75) is 17.3 Å². The third-order valence-electron chi connectivity index (χ3n) is 3.15. The summed E-state index contributed by atoms with van der Waals surface area (Å²) in [6, 6.07) is 13.8. The predicted molar refractivity (Wildman–Crippen MR) is 88.7 cm³/mol. The molecule has 0 fully saturated rings. The molecule has 0 aliphatic rings. The second-order valence-corrected chi connectivity index (χ2v) is 6.12. The van der Waals surface area contributed by atoms with E-state index in [-0.39, 0.29) is 17.1 Å². The molecule has 0 aliphatic carbocycles. The molecule has 0 unspecified atom stereocenters. The molecule has 22 heavy (non-hydrogen) atoms. The van der Waals surface area contributed by atoms with Crippen LogP contribution in [-0.4, -0.2) is 26.3 Å². The lowest BCUT2D eigenvalue weighted by molar-refractivity contribution is -0.115. The molecule has 3 aromatic rings. The first-order valence-electron chi connectivity index (χ1n) is 6.76. The van der Waals surface area contributed by atoms with Crippen LogP contribution in [-0.2, 0) is 4.79 Å². The second-order valence-electron chi connectivity index (χ2n) is 4.81. The SMILES string of the molecule is C[C@H](Sc1n[nH]c(N)n1)C(=O)Nc1ccc2ccccc2c1. The van der Waals surface area contributed by atoms with Crippen LogP contribution in [0.1, 0.15) is 6.92 Å². The molecule has 3 rings (SSSR count). The number of carbonyl (C=O) groups excluding carboxylic acids is 1. The average Bonchev–Trinajstić information content (AvgIpc) is 2.92. The van der Waals surface area contributed by atoms with Crippen molar-refractivity contribution < 1.29 is 4.79 Å². The molecule has 0 saturated heterocycles. The van der Waals surface area contributed by atoms with E-state index >= 15 is 0 Å². The van der Waals surface area contributed by atoms with Gasteiger partial charge in [0, 0.05) is 5.69 Å². The molecule has 1 heterocycles. The first kappa shape index (κ1) is 14.4. The Kier molecular flexibility index (Phi) is 3.97. The van der Waals surface area contributed by atoms with E-state index in [1.165, 1.54) is 11.8 Å². The van der Waals surface area contributed by atoms with Crippen molar-refractivity contribution in [3.05, 3.63) is 42.5 Å². The Morgan fingerprint density at radius 3 is 2.77 bits per heavy atom. The highest BCUT2D eigenvalue weighted by molar-refractivity contribution is 8.00. The Bertz CT molecular complexity index is 816. The summed E-state index contributed by atoms with van der Waals surface area (Å²) in [5.74, 6) is 0.133. The normalized spacial score (nSPS) is 12.2. The van der Waals surface area contributed by atoms with E-state index in [2.05, 4.69) is 20.5 Å². The molecule has 2 aromatic carbocycles. The number of rotatable bonds is 4. The number of carbonyl (C=O) groups is 1. The number of nitrogen functional groups attached to an aromatic ring is 1. The van der Waals surface area contributed by atoms with Gasteiger partial charge >= 0.3 is 0 Å². The van der Waals surface area contributed by atoms with Crippen LogP contribution >= 0.6 is 11.8 Å². The van der Waals surface area contributed by atoms with Crippen LogP contribution in [0.15, 0.2) is 47.6 Å². The minimum Gasteiger partial charge on any atom is -0.368 e. The van der Waals surface area contributed by atoms with Crippen molar-refractivity contribution in [1.82, 2.24) is 15.2 Å². The standard InChI is InChI=1S/C15H15N5OS/c1-9(22-15-18-14(16)19-20-15)13(21)17-12-7-6-10-4-2-3-5-11(10)8-12/h2-9H,1H3,(H,17,21)(H3,16,18,19,20)/t9-/m0/s1. The summed E-state index contributed by atoms with van der Waals surface area (Å²) < 4.78 is 0. The van der Waals surface area contributed by atoms with Crippen molar-refractivity contribution in [3.8, 4) is 0 Å². The van der Waals surface area contributed by atoms with E-state index in [4.69, 9.17) is 5.73 Å². The summed E-state index contributed by atoms with van der Waals surface area (Å²) in [6.07, 6.45) is 0. The monoisotopic (exact) mass is 313 g/mol. The number of nitrogens with zero attached hydrogens (tertiary/aromatic N) is 2. The molecular formula is C15H15N5OS. The number of aromatic nitrogens is 3. The zero-order valence-corrected chi connectivity index (χ0v) is 12.7. The molecule has 0 bridgehead atoms. The molecular weight excluding hydrogens is 298 g/mol. The van der Waals surface area contributed by atoms with E-state index in [0.29, 0.717) is 5.16 Å². The molecule has 1 amide bonds. The van der Waals surface area contributed by atoms with Crippen molar-refractivity contribution in [2.75, 3.05) is 11.1 Å². The number of H-pyrrole nitrogens is 1. The van der Waals surface area contributed by atoms with Gasteiger partial charge in [0.15, 0.2) is 0 Å².